The fourth-order valence-corrected chi connectivity index (χ4v) is 4.87. The monoisotopic (exact) mass is 492 g/mol. The summed E-state index contributed by atoms with van der Waals surface area (Å²) in [6, 6.07) is 0. The second kappa shape index (κ2) is 12.4. The number of unbranched alkanes of at least 4 members (excludes halogenated alkanes) is 5. The summed E-state index contributed by atoms with van der Waals surface area (Å²) in [5.41, 5.74) is -12.3. The third kappa shape index (κ3) is 11.1. The lowest BCUT2D eigenvalue weighted by molar-refractivity contribution is -0.0476. The standard InChI is InChI=1S/C14H29N.C2HF6NO4S2/c1-3-4-5-6-7-8-10-14-11-9-12-15(2)13-14;3-1(4,5)14(10,11)9-15(12,13)2(6,7)8/h14H,3-13H2,1-2H3;9H. The Balaban J connectivity index is 0.000000561. The van der Waals surface area contributed by atoms with Crippen LogP contribution in [0.3, 0.4) is 0 Å². The number of alkyl halides is 6. The molecule has 1 rings (SSSR count). The fraction of sp³-hybridized carbons (Fsp3) is 1.00. The molecule has 0 spiro atoms. The lowest BCUT2D eigenvalue weighted by Gasteiger charge is -2.29. The third-order valence-corrected chi connectivity index (χ3v) is 7.49. The van der Waals surface area contributed by atoms with Crippen molar-refractivity contribution in [2.24, 2.45) is 5.92 Å². The lowest BCUT2D eigenvalue weighted by Crippen LogP contribution is -2.45. The van der Waals surface area contributed by atoms with Crippen molar-refractivity contribution in [3.8, 4) is 0 Å². The highest BCUT2D eigenvalue weighted by Gasteiger charge is 2.55. The van der Waals surface area contributed by atoms with E-state index in [2.05, 4.69) is 18.9 Å². The zero-order chi connectivity index (χ0) is 23.6. The summed E-state index contributed by atoms with van der Waals surface area (Å²) in [5, 5.41) is 0. The van der Waals surface area contributed by atoms with Gasteiger partial charge in [-0.15, -0.1) is 0 Å². The summed E-state index contributed by atoms with van der Waals surface area (Å²) in [7, 11) is -10.9. The maximum Gasteiger partial charge on any atom is 0.512 e. The molecule has 1 saturated heterocycles. The molecule has 1 atom stereocenters. The number of piperidine rings is 1. The molecule has 1 fully saturated rings. The fourth-order valence-electron chi connectivity index (χ4n) is 2.96. The second-order valence-corrected chi connectivity index (χ2v) is 10.9. The molecule has 1 heterocycles. The Kier molecular flexibility index (Phi) is 12.2. The van der Waals surface area contributed by atoms with Gasteiger partial charge in [-0.25, -0.2) is 16.8 Å². The molecule has 0 bridgehead atoms. The van der Waals surface area contributed by atoms with Gasteiger partial charge in [-0.3, -0.25) is 0 Å². The predicted molar refractivity (Wildman–Crippen MR) is 101 cm³/mol. The van der Waals surface area contributed by atoms with Crippen molar-refractivity contribution in [2.75, 3.05) is 20.1 Å². The van der Waals surface area contributed by atoms with E-state index in [9.17, 15) is 43.2 Å². The Hall–Kier alpha value is -0.600. The van der Waals surface area contributed by atoms with Gasteiger partial charge < -0.3 is 4.90 Å². The molecule has 0 aromatic carbocycles. The Morgan fingerprint density at radius 2 is 1.33 bits per heavy atom. The van der Waals surface area contributed by atoms with Crippen molar-refractivity contribution in [1.82, 2.24) is 9.03 Å². The minimum absolute atomic E-state index is 0.493. The molecule has 14 heteroatoms. The van der Waals surface area contributed by atoms with Gasteiger partial charge in [-0.1, -0.05) is 49.6 Å². The van der Waals surface area contributed by atoms with Crippen LogP contribution in [0.2, 0.25) is 0 Å². The van der Waals surface area contributed by atoms with Crippen LogP contribution in [0.5, 0.6) is 0 Å². The van der Waals surface area contributed by atoms with E-state index < -0.39 is 35.2 Å². The van der Waals surface area contributed by atoms with E-state index in [1.807, 2.05) is 0 Å². The molecule has 0 aromatic rings. The van der Waals surface area contributed by atoms with Gasteiger partial charge in [0.2, 0.25) is 0 Å². The summed E-state index contributed by atoms with van der Waals surface area (Å²) in [5.74, 6) is 1.01. The molecule has 1 N–H and O–H groups in total. The highest BCUT2D eigenvalue weighted by molar-refractivity contribution is 8.05. The number of halogens is 6. The van der Waals surface area contributed by atoms with E-state index in [-0.39, 0.29) is 0 Å². The van der Waals surface area contributed by atoms with Crippen LogP contribution in [0.4, 0.5) is 26.3 Å². The Bertz CT molecular complexity index is 652. The first-order valence-corrected chi connectivity index (χ1v) is 12.6. The van der Waals surface area contributed by atoms with Gasteiger partial charge in [0.1, 0.15) is 0 Å². The van der Waals surface area contributed by atoms with Crippen LogP contribution in [0.1, 0.15) is 64.7 Å². The summed E-state index contributed by atoms with van der Waals surface area (Å²) in [6.45, 7) is 4.97. The van der Waals surface area contributed by atoms with E-state index in [1.165, 1.54) is 70.9 Å². The summed E-state index contributed by atoms with van der Waals surface area (Å²) in [4.78, 5) is 2.51. The largest absolute Gasteiger partial charge is 0.512 e. The highest BCUT2D eigenvalue weighted by Crippen LogP contribution is 2.27. The molecule has 0 radical (unpaired) electrons. The molecule has 0 aromatic heterocycles. The first-order chi connectivity index (χ1) is 13.5. The molecule has 0 amide bonds. The van der Waals surface area contributed by atoms with Gasteiger partial charge in [-0.2, -0.15) is 26.3 Å². The van der Waals surface area contributed by atoms with Crippen molar-refractivity contribution in [3.63, 3.8) is 0 Å². The maximum absolute atomic E-state index is 11.5. The van der Waals surface area contributed by atoms with E-state index >= 15 is 0 Å². The normalized spacial score (nSPS) is 19.3. The van der Waals surface area contributed by atoms with Gasteiger partial charge in [0.25, 0.3) is 0 Å². The number of likely N-dealkylation sites (tertiary alicyclic amines) is 1. The summed E-state index contributed by atoms with van der Waals surface area (Å²) in [6.07, 6.45) is 13.1. The molecule has 1 aliphatic rings. The number of rotatable bonds is 9. The van der Waals surface area contributed by atoms with E-state index in [4.69, 9.17) is 0 Å². The summed E-state index contributed by atoms with van der Waals surface area (Å²) >= 11 is 0. The minimum atomic E-state index is -6.60. The number of sulfonamides is 2. The third-order valence-electron chi connectivity index (χ3n) is 4.52. The van der Waals surface area contributed by atoms with Gasteiger partial charge in [0.05, 0.1) is 0 Å². The molecule has 6 nitrogen and oxygen atoms in total. The first kappa shape index (κ1) is 29.4. The van der Waals surface area contributed by atoms with Crippen LogP contribution in [-0.4, -0.2) is 52.9 Å². The lowest BCUT2D eigenvalue weighted by atomic mass is 9.92. The molecule has 30 heavy (non-hydrogen) atoms. The topological polar surface area (TPSA) is 83.6 Å². The van der Waals surface area contributed by atoms with Gasteiger partial charge in [0.15, 0.2) is 0 Å². The minimum Gasteiger partial charge on any atom is -0.306 e. The van der Waals surface area contributed by atoms with Crippen molar-refractivity contribution >= 4 is 20.0 Å². The van der Waals surface area contributed by atoms with Gasteiger partial charge in [0, 0.05) is 6.54 Å². The predicted octanol–water partition coefficient (Wildman–Crippen LogP) is 4.35. The number of hydrogen-bond acceptors (Lipinski definition) is 5. The molecular weight excluding hydrogens is 462 g/mol. The summed E-state index contributed by atoms with van der Waals surface area (Å²) < 4.78 is 108. The first-order valence-electron chi connectivity index (χ1n) is 9.63. The number of nitrogens with zero attached hydrogens (tertiary/aromatic N) is 1. The molecule has 0 saturated carbocycles. The van der Waals surface area contributed by atoms with Crippen LogP contribution >= 0.6 is 0 Å². The zero-order valence-electron chi connectivity index (χ0n) is 17.0. The second-order valence-electron chi connectivity index (χ2n) is 7.31. The van der Waals surface area contributed by atoms with Crippen molar-refractivity contribution in [2.45, 2.75) is 75.7 Å². The van der Waals surface area contributed by atoms with Crippen LogP contribution in [0.15, 0.2) is 0 Å². The van der Waals surface area contributed by atoms with Crippen LogP contribution in [-0.2, 0) is 20.0 Å². The van der Waals surface area contributed by atoms with E-state index in [0.717, 1.165) is 5.92 Å². The molecule has 1 unspecified atom stereocenters. The molecule has 182 valence electrons. The quantitative estimate of drug-likeness (QED) is 0.382. The molecule has 1 aliphatic heterocycles. The Morgan fingerprint density at radius 3 is 1.77 bits per heavy atom. The molecule has 0 aliphatic carbocycles. The Labute approximate surface area is 174 Å². The maximum atomic E-state index is 11.5. The number of nitrogens with one attached hydrogen (secondary N) is 1. The van der Waals surface area contributed by atoms with Crippen molar-refractivity contribution in [1.29, 1.82) is 0 Å². The van der Waals surface area contributed by atoms with Crippen LogP contribution < -0.4 is 4.13 Å². The smallest absolute Gasteiger partial charge is 0.306 e. The Morgan fingerprint density at radius 1 is 0.867 bits per heavy atom. The van der Waals surface area contributed by atoms with Crippen LogP contribution in [0, 0.1) is 5.92 Å². The van der Waals surface area contributed by atoms with E-state index in [0.29, 0.717) is 0 Å². The van der Waals surface area contributed by atoms with Crippen molar-refractivity contribution < 1.29 is 43.2 Å². The van der Waals surface area contributed by atoms with Gasteiger partial charge in [-0.05, 0) is 38.8 Å². The van der Waals surface area contributed by atoms with Gasteiger partial charge >= 0.3 is 31.1 Å². The highest BCUT2D eigenvalue weighted by atomic mass is 32.3. The molecular formula is C16H30F6N2O4S2. The van der Waals surface area contributed by atoms with Crippen molar-refractivity contribution in [3.05, 3.63) is 0 Å². The van der Waals surface area contributed by atoms with E-state index in [1.54, 1.807) is 0 Å². The zero-order valence-corrected chi connectivity index (χ0v) is 18.7. The average Bonchev–Trinajstić information content (AvgIpc) is 2.56. The number of hydrogen-bond donors (Lipinski definition) is 1. The average molecular weight is 493 g/mol. The van der Waals surface area contributed by atoms with Crippen LogP contribution in [0.25, 0.3) is 0 Å². The SMILES string of the molecule is CCCCCCCCC1CCCN(C)C1.O=S(=O)(NS(=O)(=O)C(F)(F)F)C(F)(F)F.